The Bertz CT molecular complexity index is 1080. The van der Waals surface area contributed by atoms with Crippen molar-refractivity contribution in [1.29, 1.82) is 0 Å². The maximum absolute atomic E-state index is 9.88. The van der Waals surface area contributed by atoms with E-state index in [1.54, 1.807) is 6.07 Å². The van der Waals surface area contributed by atoms with Crippen LogP contribution >= 0.6 is 0 Å². The second-order valence-corrected chi connectivity index (χ2v) is 8.79. The second-order valence-electron chi connectivity index (χ2n) is 8.79. The van der Waals surface area contributed by atoms with Crippen molar-refractivity contribution in [2.24, 2.45) is 10.9 Å². The Hall–Kier alpha value is -3.11. The second kappa shape index (κ2) is 8.20. The number of phenols is 1. The van der Waals surface area contributed by atoms with Crippen molar-refractivity contribution in [1.82, 2.24) is 4.90 Å². The van der Waals surface area contributed by atoms with Gasteiger partial charge in [-0.3, -0.25) is 9.89 Å². The zero-order valence-corrected chi connectivity index (χ0v) is 18.2. The van der Waals surface area contributed by atoms with Crippen LogP contribution < -0.4 is 4.90 Å². The molecule has 2 aromatic carbocycles. The zero-order valence-electron chi connectivity index (χ0n) is 18.2. The molecule has 2 heterocycles. The van der Waals surface area contributed by atoms with E-state index in [2.05, 4.69) is 72.2 Å². The number of nitrogens with zero attached hydrogens (tertiary/aromatic N) is 3. The van der Waals surface area contributed by atoms with Gasteiger partial charge >= 0.3 is 0 Å². The molecule has 2 aromatic rings. The summed E-state index contributed by atoms with van der Waals surface area (Å²) < 4.78 is 0. The number of anilines is 1. The minimum atomic E-state index is 0.179. The van der Waals surface area contributed by atoms with Crippen LogP contribution in [0.3, 0.4) is 0 Å². The molecule has 1 fully saturated rings. The summed E-state index contributed by atoms with van der Waals surface area (Å²) in [5.74, 6) is 0.475. The SMILES string of the molecule is CC(C)N1CCN(c2ccc(C3=CC4C(=CC=C4c4cccc(O)c4)C=N3)cc2)CC1. The average molecular weight is 412 g/mol. The van der Waals surface area contributed by atoms with E-state index in [-0.39, 0.29) is 5.92 Å². The minimum absolute atomic E-state index is 0.179. The van der Waals surface area contributed by atoms with Crippen LogP contribution in [0.1, 0.15) is 25.0 Å². The largest absolute Gasteiger partial charge is 0.508 e. The smallest absolute Gasteiger partial charge is 0.116 e. The van der Waals surface area contributed by atoms with E-state index in [1.165, 1.54) is 16.8 Å². The Morgan fingerprint density at radius 3 is 2.42 bits per heavy atom. The number of rotatable bonds is 4. The highest BCUT2D eigenvalue weighted by Gasteiger charge is 2.25. The van der Waals surface area contributed by atoms with Gasteiger partial charge in [0.25, 0.3) is 0 Å². The summed E-state index contributed by atoms with van der Waals surface area (Å²) in [7, 11) is 0. The van der Waals surface area contributed by atoms with Gasteiger partial charge in [0.2, 0.25) is 0 Å². The monoisotopic (exact) mass is 411 g/mol. The summed E-state index contributed by atoms with van der Waals surface area (Å²) in [6.07, 6.45) is 8.48. The van der Waals surface area contributed by atoms with Crippen molar-refractivity contribution in [2.75, 3.05) is 31.1 Å². The molecule has 1 unspecified atom stereocenters. The number of fused-ring (bicyclic) bond motifs is 1. The molecule has 1 atom stereocenters. The number of allylic oxidation sites excluding steroid dienone is 5. The van der Waals surface area contributed by atoms with Gasteiger partial charge in [0.1, 0.15) is 5.75 Å². The predicted molar refractivity (Wildman–Crippen MR) is 129 cm³/mol. The lowest BCUT2D eigenvalue weighted by atomic mass is 9.88. The maximum Gasteiger partial charge on any atom is 0.116 e. The standard InChI is InChI=1S/C27H29N3O/c1-19(2)29-12-14-30(15-13-29)23-9-6-20(7-10-23)27-17-26-22(18-28-27)8-11-25(26)21-4-3-5-24(31)16-21/h3-11,16-19,26,31H,12-15H2,1-2H3. The van der Waals surface area contributed by atoms with E-state index in [0.29, 0.717) is 11.8 Å². The number of hydrogen-bond donors (Lipinski definition) is 1. The van der Waals surface area contributed by atoms with Crippen LogP contribution in [0.15, 0.2) is 77.3 Å². The van der Waals surface area contributed by atoms with Crippen LogP contribution in [0.2, 0.25) is 0 Å². The van der Waals surface area contributed by atoms with Gasteiger partial charge in [0, 0.05) is 50.0 Å². The Balaban J connectivity index is 1.33. The first-order chi connectivity index (χ1) is 15.1. The third-order valence-electron chi connectivity index (χ3n) is 6.58. The van der Waals surface area contributed by atoms with E-state index in [0.717, 1.165) is 43.0 Å². The highest BCUT2D eigenvalue weighted by atomic mass is 16.3. The molecule has 5 rings (SSSR count). The molecule has 0 amide bonds. The molecule has 1 saturated heterocycles. The first kappa shape index (κ1) is 19.8. The maximum atomic E-state index is 9.88. The lowest BCUT2D eigenvalue weighted by Crippen LogP contribution is -2.48. The fourth-order valence-corrected chi connectivity index (χ4v) is 4.70. The molecule has 0 bridgehead atoms. The summed E-state index contributed by atoms with van der Waals surface area (Å²) >= 11 is 0. The fraction of sp³-hybridized carbons (Fsp3) is 0.296. The van der Waals surface area contributed by atoms with Gasteiger partial charge in [-0.2, -0.15) is 0 Å². The van der Waals surface area contributed by atoms with Crippen molar-refractivity contribution in [2.45, 2.75) is 19.9 Å². The van der Waals surface area contributed by atoms with Gasteiger partial charge in [-0.1, -0.05) is 36.4 Å². The number of piperazine rings is 1. The van der Waals surface area contributed by atoms with E-state index >= 15 is 0 Å². The van der Waals surface area contributed by atoms with Crippen LogP contribution in [0, 0.1) is 5.92 Å². The normalized spacial score (nSPS) is 21.1. The quantitative estimate of drug-likeness (QED) is 0.771. The average Bonchev–Trinajstić information content (AvgIpc) is 3.22. The fourth-order valence-electron chi connectivity index (χ4n) is 4.70. The van der Waals surface area contributed by atoms with Crippen molar-refractivity contribution in [3.8, 4) is 5.75 Å². The number of benzene rings is 2. The van der Waals surface area contributed by atoms with E-state index in [4.69, 9.17) is 4.99 Å². The third-order valence-corrected chi connectivity index (χ3v) is 6.58. The molecule has 1 N–H and O–H groups in total. The van der Waals surface area contributed by atoms with Crippen molar-refractivity contribution in [3.63, 3.8) is 0 Å². The highest BCUT2D eigenvalue weighted by Crippen LogP contribution is 2.40. The molecule has 3 aliphatic rings. The number of phenolic OH excluding ortho intramolecular Hbond substituents is 1. The summed E-state index contributed by atoms with van der Waals surface area (Å²) in [6, 6.07) is 16.9. The van der Waals surface area contributed by atoms with E-state index < -0.39 is 0 Å². The molecule has 0 radical (unpaired) electrons. The Morgan fingerprint density at radius 1 is 0.935 bits per heavy atom. The molecule has 1 aliphatic carbocycles. The van der Waals surface area contributed by atoms with Gasteiger partial charge in [-0.05, 0) is 66.5 Å². The van der Waals surface area contributed by atoms with Crippen molar-refractivity contribution >= 4 is 23.2 Å². The number of aromatic hydroxyl groups is 1. The van der Waals surface area contributed by atoms with Crippen LogP contribution in [-0.2, 0) is 0 Å². The first-order valence-corrected chi connectivity index (χ1v) is 11.1. The molecule has 4 heteroatoms. The molecule has 2 aliphatic heterocycles. The molecule has 31 heavy (non-hydrogen) atoms. The van der Waals surface area contributed by atoms with E-state index in [9.17, 15) is 5.11 Å². The topological polar surface area (TPSA) is 39.1 Å². The highest BCUT2D eigenvalue weighted by molar-refractivity contribution is 5.97. The van der Waals surface area contributed by atoms with Crippen molar-refractivity contribution in [3.05, 3.63) is 83.5 Å². The van der Waals surface area contributed by atoms with Crippen molar-refractivity contribution < 1.29 is 5.11 Å². The first-order valence-electron chi connectivity index (χ1n) is 11.1. The van der Waals surface area contributed by atoms with Gasteiger partial charge in [0.05, 0.1) is 5.70 Å². The van der Waals surface area contributed by atoms with Gasteiger partial charge in [-0.15, -0.1) is 0 Å². The molecule has 158 valence electrons. The third kappa shape index (κ3) is 3.96. The molecular formula is C27H29N3O. The van der Waals surface area contributed by atoms with Gasteiger partial charge < -0.3 is 10.0 Å². The summed E-state index contributed by atoms with van der Waals surface area (Å²) in [5.41, 5.74) is 6.89. The zero-order chi connectivity index (χ0) is 21.4. The van der Waals surface area contributed by atoms with Gasteiger partial charge in [0.15, 0.2) is 0 Å². The van der Waals surface area contributed by atoms with Crippen LogP contribution in [0.25, 0.3) is 11.3 Å². The molecule has 0 saturated carbocycles. The lowest BCUT2D eigenvalue weighted by Gasteiger charge is -2.38. The summed E-state index contributed by atoms with van der Waals surface area (Å²) in [6.45, 7) is 8.94. The number of aliphatic imine (C=N–C) groups is 1. The molecule has 0 spiro atoms. The van der Waals surface area contributed by atoms with Crippen LogP contribution in [-0.4, -0.2) is 48.4 Å². The number of hydrogen-bond acceptors (Lipinski definition) is 4. The van der Waals surface area contributed by atoms with Gasteiger partial charge in [-0.25, -0.2) is 0 Å². The lowest BCUT2D eigenvalue weighted by molar-refractivity contribution is 0.209. The Kier molecular flexibility index (Phi) is 5.24. The summed E-state index contributed by atoms with van der Waals surface area (Å²) in [5, 5.41) is 9.88. The minimum Gasteiger partial charge on any atom is -0.508 e. The Labute approximate surface area is 184 Å². The summed E-state index contributed by atoms with van der Waals surface area (Å²) in [4.78, 5) is 9.74. The van der Waals surface area contributed by atoms with Crippen LogP contribution in [0.4, 0.5) is 5.69 Å². The predicted octanol–water partition coefficient (Wildman–Crippen LogP) is 4.99. The Morgan fingerprint density at radius 2 is 1.71 bits per heavy atom. The molecule has 4 nitrogen and oxygen atoms in total. The molecule has 0 aromatic heterocycles. The van der Waals surface area contributed by atoms with Crippen LogP contribution in [0.5, 0.6) is 5.75 Å². The van der Waals surface area contributed by atoms with E-state index in [1.807, 2.05) is 18.3 Å². The molecular weight excluding hydrogens is 382 g/mol.